The van der Waals surface area contributed by atoms with Gasteiger partial charge in [-0.15, -0.1) is 0 Å². The van der Waals surface area contributed by atoms with E-state index in [-0.39, 0.29) is 16.5 Å². The minimum atomic E-state index is -0.448. The van der Waals surface area contributed by atoms with Gasteiger partial charge in [0.1, 0.15) is 5.82 Å². The van der Waals surface area contributed by atoms with Gasteiger partial charge in [-0.3, -0.25) is 4.79 Å². The summed E-state index contributed by atoms with van der Waals surface area (Å²) in [5.74, 6) is -0.721. The summed E-state index contributed by atoms with van der Waals surface area (Å²) in [4.78, 5) is 11.7. The first-order valence-corrected chi connectivity index (χ1v) is 6.98. The average Bonchev–Trinajstić information content (AvgIpc) is 2.48. The summed E-state index contributed by atoms with van der Waals surface area (Å²) >= 11 is 5.87. The zero-order valence-electron chi connectivity index (χ0n) is 11.4. The number of amides is 1. The van der Waals surface area contributed by atoms with Crippen molar-refractivity contribution >= 4 is 23.6 Å². The zero-order chi connectivity index (χ0) is 15.1. The van der Waals surface area contributed by atoms with Crippen molar-refractivity contribution in [2.24, 2.45) is 0 Å². The third-order valence-electron chi connectivity index (χ3n) is 2.96. The summed E-state index contributed by atoms with van der Waals surface area (Å²) < 4.78 is 13.5. The standard InChI is InChI=1S/C17H15ClFNO/c18-15-7-4-8-16(19)14(15)9-10-17(21)20-12-11-13-5-2-1-3-6-13/h1-10H,11-12H2,(H,20,21). The van der Waals surface area contributed by atoms with Crippen molar-refractivity contribution in [2.75, 3.05) is 6.54 Å². The Labute approximate surface area is 128 Å². The topological polar surface area (TPSA) is 29.1 Å². The molecule has 0 fully saturated rings. The number of hydrogen-bond acceptors (Lipinski definition) is 1. The molecule has 0 radical (unpaired) electrons. The molecule has 0 aliphatic heterocycles. The molecular weight excluding hydrogens is 289 g/mol. The highest BCUT2D eigenvalue weighted by molar-refractivity contribution is 6.32. The molecule has 0 spiro atoms. The van der Waals surface area contributed by atoms with Gasteiger partial charge in [0, 0.05) is 18.2 Å². The number of carbonyl (C=O) groups excluding carboxylic acids is 1. The molecule has 0 aliphatic rings. The van der Waals surface area contributed by atoms with Gasteiger partial charge in [0.15, 0.2) is 0 Å². The normalized spacial score (nSPS) is 10.8. The Morgan fingerprint density at radius 3 is 2.62 bits per heavy atom. The lowest BCUT2D eigenvalue weighted by molar-refractivity contribution is -0.116. The van der Waals surface area contributed by atoms with E-state index in [2.05, 4.69) is 5.32 Å². The molecule has 2 nitrogen and oxygen atoms in total. The van der Waals surface area contributed by atoms with Crippen LogP contribution in [0.3, 0.4) is 0 Å². The van der Waals surface area contributed by atoms with Crippen LogP contribution in [-0.4, -0.2) is 12.5 Å². The fourth-order valence-electron chi connectivity index (χ4n) is 1.86. The number of hydrogen-bond donors (Lipinski definition) is 1. The SMILES string of the molecule is O=C(C=Cc1c(F)cccc1Cl)NCCc1ccccc1. The van der Waals surface area contributed by atoms with Crippen LogP contribution in [0.2, 0.25) is 5.02 Å². The molecule has 108 valence electrons. The average molecular weight is 304 g/mol. The number of rotatable bonds is 5. The first kappa shape index (κ1) is 15.3. The molecular formula is C17H15ClFNO. The Kier molecular flexibility index (Phi) is 5.52. The van der Waals surface area contributed by atoms with Gasteiger partial charge in [-0.25, -0.2) is 4.39 Å². The van der Waals surface area contributed by atoms with E-state index >= 15 is 0 Å². The van der Waals surface area contributed by atoms with Crippen LogP contribution >= 0.6 is 11.6 Å². The first-order valence-electron chi connectivity index (χ1n) is 6.60. The molecule has 1 N–H and O–H groups in total. The molecule has 1 amide bonds. The van der Waals surface area contributed by atoms with Crippen LogP contribution in [0.1, 0.15) is 11.1 Å². The van der Waals surface area contributed by atoms with Gasteiger partial charge in [-0.2, -0.15) is 0 Å². The minimum Gasteiger partial charge on any atom is -0.352 e. The van der Waals surface area contributed by atoms with E-state index in [9.17, 15) is 9.18 Å². The van der Waals surface area contributed by atoms with E-state index in [4.69, 9.17) is 11.6 Å². The van der Waals surface area contributed by atoms with E-state index in [1.54, 1.807) is 6.07 Å². The smallest absolute Gasteiger partial charge is 0.244 e. The van der Waals surface area contributed by atoms with E-state index in [1.165, 1.54) is 24.3 Å². The lowest BCUT2D eigenvalue weighted by Gasteiger charge is -2.03. The summed E-state index contributed by atoms with van der Waals surface area (Å²) in [5.41, 5.74) is 1.37. The third-order valence-corrected chi connectivity index (χ3v) is 3.29. The number of benzene rings is 2. The van der Waals surface area contributed by atoms with Gasteiger partial charge >= 0.3 is 0 Å². The Bertz CT molecular complexity index is 620. The molecule has 4 heteroatoms. The van der Waals surface area contributed by atoms with Gasteiger partial charge < -0.3 is 5.32 Å². The van der Waals surface area contributed by atoms with Crippen LogP contribution in [0.15, 0.2) is 54.6 Å². The lowest BCUT2D eigenvalue weighted by atomic mass is 10.1. The molecule has 0 heterocycles. The second-order valence-electron chi connectivity index (χ2n) is 4.50. The van der Waals surface area contributed by atoms with Crippen molar-refractivity contribution in [2.45, 2.75) is 6.42 Å². The summed E-state index contributed by atoms with van der Waals surface area (Å²) in [6.07, 6.45) is 3.42. The van der Waals surface area contributed by atoms with Crippen molar-refractivity contribution in [3.8, 4) is 0 Å². The highest BCUT2D eigenvalue weighted by atomic mass is 35.5. The molecule has 2 rings (SSSR count). The quantitative estimate of drug-likeness (QED) is 0.835. The highest BCUT2D eigenvalue weighted by Gasteiger charge is 2.03. The highest BCUT2D eigenvalue weighted by Crippen LogP contribution is 2.20. The van der Waals surface area contributed by atoms with Gasteiger partial charge in [0.05, 0.1) is 5.02 Å². The predicted octanol–water partition coefficient (Wildman–Crippen LogP) is 3.85. The number of halogens is 2. The predicted molar refractivity (Wildman–Crippen MR) is 83.6 cm³/mol. The zero-order valence-corrected chi connectivity index (χ0v) is 12.1. The largest absolute Gasteiger partial charge is 0.352 e. The second-order valence-corrected chi connectivity index (χ2v) is 4.90. The van der Waals surface area contributed by atoms with Crippen molar-refractivity contribution in [1.29, 1.82) is 0 Å². The van der Waals surface area contributed by atoms with Crippen molar-refractivity contribution in [1.82, 2.24) is 5.32 Å². The molecule has 2 aromatic carbocycles. The van der Waals surface area contributed by atoms with Crippen LogP contribution in [0.25, 0.3) is 6.08 Å². The lowest BCUT2D eigenvalue weighted by Crippen LogP contribution is -2.23. The molecule has 21 heavy (non-hydrogen) atoms. The fraction of sp³-hybridized carbons (Fsp3) is 0.118. The minimum absolute atomic E-state index is 0.220. The third kappa shape index (κ3) is 4.72. The maximum absolute atomic E-state index is 13.5. The van der Waals surface area contributed by atoms with Crippen molar-refractivity contribution < 1.29 is 9.18 Å². The van der Waals surface area contributed by atoms with Gasteiger partial charge in [-0.1, -0.05) is 48.0 Å². The van der Waals surface area contributed by atoms with E-state index in [1.807, 2.05) is 30.3 Å². The maximum Gasteiger partial charge on any atom is 0.244 e. The molecule has 0 aliphatic carbocycles. The Hall–Kier alpha value is -2.13. The van der Waals surface area contributed by atoms with Gasteiger partial charge in [0.2, 0.25) is 5.91 Å². The number of carbonyl (C=O) groups is 1. The van der Waals surface area contributed by atoms with E-state index < -0.39 is 5.82 Å². The Balaban J connectivity index is 1.86. The molecule has 0 bridgehead atoms. The molecule has 0 saturated carbocycles. The molecule has 0 atom stereocenters. The summed E-state index contributed by atoms with van der Waals surface area (Å²) in [5, 5.41) is 3.03. The Morgan fingerprint density at radius 1 is 1.14 bits per heavy atom. The maximum atomic E-state index is 13.5. The van der Waals surface area contributed by atoms with Crippen LogP contribution < -0.4 is 5.32 Å². The summed E-state index contributed by atoms with van der Waals surface area (Å²) in [6.45, 7) is 0.526. The fourth-order valence-corrected chi connectivity index (χ4v) is 2.09. The monoisotopic (exact) mass is 303 g/mol. The first-order chi connectivity index (χ1) is 10.2. The van der Waals surface area contributed by atoms with Gasteiger partial charge in [-0.05, 0) is 30.2 Å². The summed E-state index contributed by atoms with van der Waals surface area (Å²) in [6, 6.07) is 14.3. The van der Waals surface area contributed by atoms with E-state index in [0.29, 0.717) is 6.54 Å². The van der Waals surface area contributed by atoms with Crippen LogP contribution in [0, 0.1) is 5.82 Å². The number of nitrogens with one attached hydrogen (secondary N) is 1. The Morgan fingerprint density at radius 2 is 1.90 bits per heavy atom. The molecule has 0 saturated heterocycles. The van der Waals surface area contributed by atoms with Crippen LogP contribution in [0.4, 0.5) is 4.39 Å². The second kappa shape index (κ2) is 7.60. The molecule has 0 aromatic heterocycles. The summed E-state index contributed by atoms with van der Waals surface area (Å²) in [7, 11) is 0. The van der Waals surface area contributed by atoms with Crippen LogP contribution in [0.5, 0.6) is 0 Å². The molecule has 0 unspecified atom stereocenters. The van der Waals surface area contributed by atoms with Crippen LogP contribution in [-0.2, 0) is 11.2 Å². The van der Waals surface area contributed by atoms with Gasteiger partial charge in [0.25, 0.3) is 0 Å². The van der Waals surface area contributed by atoms with Crippen molar-refractivity contribution in [3.63, 3.8) is 0 Å². The van der Waals surface area contributed by atoms with E-state index in [0.717, 1.165) is 12.0 Å². The molecule has 2 aromatic rings. The van der Waals surface area contributed by atoms with Crippen molar-refractivity contribution in [3.05, 3.63) is 76.6 Å².